The maximum absolute atomic E-state index is 6.17. The minimum absolute atomic E-state index is 0. The first-order chi connectivity index (χ1) is 62.2. The second-order valence-electron chi connectivity index (χ2n) is 41.5. The van der Waals surface area contributed by atoms with Crippen molar-refractivity contribution in [2.24, 2.45) is 0 Å². The van der Waals surface area contributed by atoms with Gasteiger partial charge in [0.25, 0.3) is 0 Å². The molecule has 0 saturated carbocycles. The van der Waals surface area contributed by atoms with Crippen molar-refractivity contribution >= 4 is 186 Å². The molecule has 20 aromatic rings. The normalized spacial score (nSPS) is 16.9. The molecule has 1 aliphatic heterocycles. The van der Waals surface area contributed by atoms with Gasteiger partial charge in [-0.15, -0.1) is 45.3 Å². The minimum Gasteiger partial charge on any atom is -0.399 e. The quantitative estimate of drug-likeness (QED) is 0.164. The van der Waals surface area contributed by atoms with E-state index in [-0.39, 0.29) is 58.2 Å². The molecule has 0 bridgehead atoms. The van der Waals surface area contributed by atoms with Gasteiger partial charge < -0.3 is 9.31 Å². The third kappa shape index (κ3) is 11.8. The van der Waals surface area contributed by atoms with Gasteiger partial charge in [0, 0.05) is 121 Å². The maximum atomic E-state index is 6.17. The number of halogens is 3. The molecule has 7 aliphatic rings. The first-order valence-electron chi connectivity index (χ1n) is 45.6. The zero-order chi connectivity index (χ0) is 89.2. The summed E-state index contributed by atoms with van der Waals surface area (Å²) in [4.78, 5) is 0. The number of thiophene rings is 4. The molecule has 16 aromatic carbocycles. The zero-order valence-corrected chi connectivity index (χ0v) is 83.7. The van der Waals surface area contributed by atoms with Gasteiger partial charge in [-0.25, -0.2) is 0 Å². The van der Waals surface area contributed by atoms with Crippen molar-refractivity contribution in [3.8, 4) is 100 Å². The number of hydrogen-bond acceptors (Lipinski definition) is 6. The molecule has 0 atom stereocenters. The van der Waals surface area contributed by atoms with E-state index in [9.17, 15) is 0 Å². The SMILES string of the molecule is C.CC1(C)OB(c2ccc3sc4ccccc4c3c2)OC1(C)C.CC1(C)c2ccc(-c3ccc4sc5ccccc5c4c3)cc2-c2c1c1c(c3c2C(C)(C)c2ccc(-c4ccc5sc6ccccc6c5c4)cc2-3)C(C)(C)c2ccc(-c3ccc4sc5ccccc5c4c3)cc2-1.CC1(C)c2ccc(Br)cc2-c2c1c1c(c3c2C(C)(C)c2ccc(Br)cc2-3)C(C)(C)c2ccc(Br)cc2-1. The van der Waals surface area contributed by atoms with Crippen molar-refractivity contribution in [3.63, 3.8) is 0 Å². The Hall–Kier alpha value is -10.2. The van der Waals surface area contributed by atoms with E-state index < -0.39 is 0 Å². The summed E-state index contributed by atoms with van der Waals surface area (Å²) in [6.45, 7) is 38.0. The highest BCUT2D eigenvalue weighted by Crippen LogP contribution is 2.71. The highest BCUT2D eigenvalue weighted by atomic mass is 79.9. The third-order valence-corrected chi connectivity index (χ3v) is 37.6. The van der Waals surface area contributed by atoms with Gasteiger partial charge in [-0.1, -0.05) is 296 Å². The molecule has 27 rings (SSSR count). The van der Waals surface area contributed by atoms with Gasteiger partial charge in [0.1, 0.15) is 0 Å². The molecule has 0 N–H and O–H groups in total. The average Bonchev–Trinajstić information content (AvgIpc) is 1.49. The molecular formula is C121H98BBr3O2S4. The summed E-state index contributed by atoms with van der Waals surface area (Å²) in [5.41, 5.74) is 41.5. The van der Waals surface area contributed by atoms with Gasteiger partial charge in [0.2, 0.25) is 0 Å². The summed E-state index contributed by atoms with van der Waals surface area (Å²) in [7, 11) is -0.298. The van der Waals surface area contributed by atoms with E-state index in [4.69, 9.17) is 9.31 Å². The van der Waals surface area contributed by atoms with E-state index in [1.807, 2.05) is 45.3 Å². The standard InChI is InChI=1S/C69H48S3.C33H27Br3.C18H19BO2S.CH4/c1-67(2)52-25-19-37(40-22-28-58-46(31-40)43-13-7-10-16-55(43)70-58)34-49(52)61-64(67)62-50-35-38(41-23-29-59-47(32-41)44-14-8-11-17-56(44)71-59)20-26-53(50)68(3,4)66(62)63-51-36-39(21-27-54(51)69(5,6)65(61)63)42-24-30-60-48(33-42)45-15-9-12-18-57(45)72-60;1-31(2)22-10-7-16(34)13-19(22)25-28(31)26-20-14-17(35)8-11-23(20)32(3,4)30(26)27-21-15-18(36)9-12-24(21)33(5,6)29(25)27;1-17(2)18(3,4)21-19(20-17)12-9-10-16-14(11-12)13-7-5-6-8-15(13)22-16;/h7-36H,1-6H3;7-15H,1-6H3;5-11H,1-4H3;1H4. The Morgan fingerprint density at radius 1 is 0.214 bits per heavy atom. The van der Waals surface area contributed by atoms with Crippen LogP contribution < -0.4 is 5.46 Å². The van der Waals surface area contributed by atoms with Crippen molar-refractivity contribution in [2.45, 2.75) is 162 Å². The number of benzene rings is 16. The molecule has 2 nitrogen and oxygen atoms in total. The van der Waals surface area contributed by atoms with Crippen LogP contribution in [0.5, 0.6) is 0 Å². The molecule has 642 valence electrons. The van der Waals surface area contributed by atoms with Crippen LogP contribution in [0.15, 0.2) is 292 Å². The fourth-order valence-electron chi connectivity index (χ4n) is 24.5. The van der Waals surface area contributed by atoms with Crippen LogP contribution in [-0.2, 0) is 41.8 Å². The lowest BCUT2D eigenvalue weighted by atomic mass is 9.71. The van der Waals surface area contributed by atoms with Crippen LogP contribution in [-0.4, -0.2) is 18.3 Å². The average molecular weight is 1960 g/mol. The molecule has 4 aromatic heterocycles. The fourth-order valence-corrected chi connectivity index (χ4v) is 29.9. The largest absolute Gasteiger partial charge is 0.494 e. The van der Waals surface area contributed by atoms with E-state index in [0.29, 0.717) is 0 Å². The van der Waals surface area contributed by atoms with Gasteiger partial charge in [-0.2, -0.15) is 0 Å². The Kier molecular flexibility index (Phi) is 18.4. The van der Waals surface area contributed by atoms with Crippen molar-refractivity contribution < 1.29 is 9.31 Å². The number of rotatable bonds is 4. The Bertz CT molecular complexity index is 7780. The lowest BCUT2D eigenvalue weighted by Crippen LogP contribution is -2.41. The van der Waals surface area contributed by atoms with Crippen molar-refractivity contribution in [3.05, 3.63) is 359 Å². The van der Waals surface area contributed by atoms with Crippen LogP contribution in [0.3, 0.4) is 0 Å². The molecule has 0 amide bonds. The highest BCUT2D eigenvalue weighted by molar-refractivity contribution is 9.11. The summed E-state index contributed by atoms with van der Waals surface area (Å²) in [6, 6.07) is 106. The Balaban J connectivity index is 0.000000132. The summed E-state index contributed by atoms with van der Waals surface area (Å²) in [5.74, 6) is 0. The van der Waals surface area contributed by atoms with E-state index in [0.717, 1.165) is 18.9 Å². The molecule has 0 spiro atoms. The molecule has 1 fully saturated rings. The summed E-state index contributed by atoms with van der Waals surface area (Å²) in [5, 5.41) is 10.6. The fraction of sp³-hybridized carbons (Fsp3) is 0.207. The van der Waals surface area contributed by atoms with Crippen LogP contribution in [0.25, 0.3) is 181 Å². The molecule has 131 heavy (non-hydrogen) atoms. The van der Waals surface area contributed by atoms with E-state index in [1.165, 1.54) is 248 Å². The van der Waals surface area contributed by atoms with Gasteiger partial charge >= 0.3 is 7.12 Å². The van der Waals surface area contributed by atoms with Crippen LogP contribution >= 0.6 is 93.1 Å². The topological polar surface area (TPSA) is 18.5 Å². The smallest absolute Gasteiger partial charge is 0.399 e. The molecule has 10 heteroatoms. The molecule has 1 saturated heterocycles. The second-order valence-corrected chi connectivity index (χ2v) is 48.6. The summed E-state index contributed by atoms with van der Waals surface area (Å²) in [6.07, 6.45) is 0. The van der Waals surface area contributed by atoms with Crippen LogP contribution in [0.2, 0.25) is 0 Å². The summed E-state index contributed by atoms with van der Waals surface area (Å²) >= 11 is 18.9. The first kappa shape index (κ1) is 83.9. The van der Waals surface area contributed by atoms with Gasteiger partial charge in [-0.05, 0) is 327 Å². The second kappa shape index (κ2) is 28.7. The van der Waals surface area contributed by atoms with Crippen LogP contribution in [0.4, 0.5) is 0 Å². The van der Waals surface area contributed by atoms with E-state index in [1.54, 1.807) is 0 Å². The molecule has 0 radical (unpaired) electrons. The molecule has 5 heterocycles. The van der Waals surface area contributed by atoms with Gasteiger partial charge in [-0.3, -0.25) is 0 Å². The van der Waals surface area contributed by atoms with Crippen LogP contribution in [0, 0.1) is 0 Å². The first-order valence-corrected chi connectivity index (χ1v) is 51.2. The predicted octanol–water partition coefficient (Wildman–Crippen LogP) is 36.6. The monoisotopic (exact) mass is 1960 g/mol. The zero-order valence-electron chi connectivity index (χ0n) is 75.7. The lowest BCUT2D eigenvalue weighted by Gasteiger charge is -2.32. The molecule has 6 aliphatic carbocycles. The number of fused-ring (bicyclic) bond motifs is 36. The lowest BCUT2D eigenvalue weighted by molar-refractivity contribution is 0.00578. The van der Waals surface area contributed by atoms with E-state index >= 15 is 0 Å². The summed E-state index contributed by atoms with van der Waals surface area (Å²) < 4.78 is 26.4. The van der Waals surface area contributed by atoms with Gasteiger partial charge in [0.05, 0.1) is 11.2 Å². The maximum Gasteiger partial charge on any atom is 0.494 e. The van der Waals surface area contributed by atoms with Crippen molar-refractivity contribution in [1.29, 1.82) is 0 Å². The van der Waals surface area contributed by atoms with Crippen molar-refractivity contribution in [1.82, 2.24) is 0 Å². The minimum atomic E-state index is -0.302. The van der Waals surface area contributed by atoms with Gasteiger partial charge in [0.15, 0.2) is 0 Å². The van der Waals surface area contributed by atoms with E-state index in [2.05, 4.69) is 438 Å². The highest BCUT2D eigenvalue weighted by Gasteiger charge is 2.56. The Morgan fingerprint density at radius 2 is 0.420 bits per heavy atom. The predicted molar refractivity (Wildman–Crippen MR) is 578 cm³/mol. The van der Waals surface area contributed by atoms with Crippen LogP contribution in [0.1, 0.15) is 185 Å². The Morgan fingerprint density at radius 3 is 0.687 bits per heavy atom. The molecule has 0 unspecified atom stereocenters. The Labute approximate surface area is 809 Å². The third-order valence-electron chi connectivity index (χ3n) is 31.5. The number of hydrogen-bond donors (Lipinski definition) is 0. The van der Waals surface area contributed by atoms with Crippen molar-refractivity contribution in [2.75, 3.05) is 0 Å². The molecular weight excluding hydrogens is 1860 g/mol.